The molecule has 0 unspecified atom stereocenters. The molecule has 29 heavy (non-hydrogen) atoms. The number of amides is 1. The average Bonchev–Trinajstić information content (AvgIpc) is 3.12. The molecule has 0 radical (unpaired) electrons. The second-order valence-corrected chi connectivity index (χ2v) is 7.80. The molecule has 1 aliphatic heterocycles. The van der Waals surface area contributed by atoms with Crippen molar-refractivity contribution >= 4 is 29.4 Å². The summed E-state index contributed by atoms with van der Waals surface area (Å²) in [6.07, 6.45) is 1.60. The zero-order chi connectivity index (χ0) is 20.4. The number of hydrogen-bond acceptors (Lipinski definition) is 3. The Morgan fingerprint density at radius 2 is 1.66 bits per heavy atom. The lowest BCUT2D eigenvalue weighted by molar-refractivity contribution is 0.0955. The van der Waals surface area contributed by atoms with E-state index in [0.717, 1.165) is 24.3 Å². The highest BCUT2D eigenvalue weighted by molar-refractivity contribution is 6.30. The van der Waals surface area contributed by atoms with Gasteiger partial charge in [-0.1, -0.05) is 41.9 Å². The van der Waals surface area contributed by atoms with Crippen molar-refractivity contribution in [1.29, 1.82) is 0 Å². The molecular weight excluding hydrogens is 382 g/mol. The first kappa shape index (κ1) is 19.2. The van der Waals surface area contributed by atoms with Crippen molar-refractivity contribution < 1.29 is 4.79 Å². The minimum Gasteiger partial charge on any atom is -0.363 e. The molecule has 0 saturated heterocycles. The van der Waals surface area contributed by atoms with Gasteiger partial charge in [-0.3, -0.25) is 4.79 Å². The topological polar surface area (TPSA) is 44.7 Å². The highest BCUT2D eigenvalue weighted by atomic mass is 35.5. The highest BCUT2D eigenvalue weighted by Gasteiger charge is 2.20. The number of carbonyl (C=O) groups is 1. The predicted octanol–water partition coefficient (Wildman–Crippen LogP) is 5.24. The summed E-state index contributed by atoms with van der Waals surface area (Å²) in [5.74, 6) is -0.236. The lowest BCUT2D eigenvalue weighted by Gasteiger charge is -2.18. The fourth-order valence-electron chi connectivity index (χ4n) is 3.50. The zero-order valence-corrected chi connectivity index (χ0v) is 17.2. The zero-order valence-electron chi connectivity index (χ0n) is 16.4. The number of rotatable bonds is 4. The van der Waals surface area contributed by atoms with E-state index in [-0.39, 0.29) is 5.91 Å². The van der Waals surface area contributed by atoms with Gasteiger partial charge in [0.15, 0.2) is 0 Å². The molecule has 146 valence electrons. The Labute approximate surface area is 175 Å². The van der Waals surface area contributed by atoms with E-state index in [4.69, 9.17) is 11.6 Å². The van der Waals surface area contributed by atoms with Gasteiger partial charge in [0.25, 0.3) is 5.91 Å². The smallest absolute Gasteiger partial charge is 0.271 e. The molecule has 1 heterocycles. The van der Waals surface area contributed by atoms with Crippen molar-refractivity contribution in [2.75, 3.05) is 4.90 Å². The van der Waals surface area contributed by atoms with Gasteiger partial charge < -0.3 is 4.90 Å². The second-order valence-electron chi connectivity index (χ2n) is 7.36. The van der Waals surface area contributed by atoms with Crippen LogP contribution in [0.1, 0.15) is 38.2 Å². The highest BCUT2D eigenvalue weighted by Crippen LogP contribution is 2.30. The Bertz CT molecular complexity index is 1060. The molecule has 1 aliphatic rings. The van der Waals surface area contributed by atoms with E-state index < -0.39 is 0 Å². The van der Waals surface area contributed by atoms with Crippen LogP contribution in [0.5, 0.6) is 0 Å². The second kappa shape index (κ2) is 8.10. The van der Waals surface area contributed by atoms with E-state index in [0.29, 0.717) is 10.6 Å². The van der Waals surface area contributed by atoms with E-state index in [2.05, 4.69) is 41.4 Å². The Hall–Kier alpha value is -3.11. The van der Waals surface area contributed by atoms with E-state index in [1.807, 2.05) is 30.3 Å². The molecule has 1 N–H and O–H groups in total. The molecule has 0 bridgehead atoms. The minimum absolute atomic E-state index is 0.236. The quantitative estimate of drug-likeness (QED) is 0.478. The molecule has 3 aromatic carbocycles. The number of hydrazone groups is 1. The van der Waals surface area contributed by atoms with E-state index in [1.54, 1.807) is 24.4 Å². The van der Waals surface area contributed by atoms with Crippen molar-refractivity contribution in [3.05, 3.63) is 99.1 Å². The van der Waals surface area contributed by atoms with Crippen LogP contribution < -0.4 is 10.3 Å². The van der Waals surface area contributed by atoms with Crippen molar-refractivity contribution in [2.45, 2.75) is 26.9 Å². The summed E-state index contributed by atoms with van der Waals surface area (Å²) in [5.41, 5.74) is 10.4. The lowest BCUT2D eigenvalue weighted by Crippen LogP contribution is -2.19. The molecule has 0 spiro atoms. The summed E-state index contributed by atoms with van der Waals surface area (Å²) in [4.78, 5) is 14.8. The van der Waals surface area contributed by atoms with Crippen LogP contribution in [-0.2, 0) is 13.1 Å². The number of nitrogens with zero attached hydrogens (tertiary/aromatic N) is 2. The summed E-state index contributed by atoms with van der Waals surface area (Å²) in [5, 5.41) is 4.71. The van der Waals surface area contributed by atoms with Gasteiger partial charge >= 0.3 is 0 Å². The van der Waals surface area contributed by atoms with E-state index in [1.165, 1.54) is 22.3 Å². The Morgan fingerprint density at radius 1 is 1.00 bits per heavy atom. The number of carbonyl (C=O) groups excluding carboxylic acids is 1. The molecule has 3 aromatic rings. The van der Waals surface area contributed by atoms with Gasteiger partial charge in [-0.15, -0.1) is 0 Å². The number of benzene rings is 3. The van der Waals surface area contributed by atoms with Crippen LogP contribution in [0.15, 0.2) is 65.8 Å². The maximum absolute atomic E-state index is 12.5. The first-order valence-electron chi connectivity index (χ1n) is 9.52. The SMILES string of the molecule is Cc1cc2c(cc1C)CN(c1cccc(C(=O)N/N=C/c3ccc(Cl)cc3)c1)C2. The van der Waals surface area contributed by atoms with Gasteiger partial charge in [0, 0.05) is 29.4 Å². The summed E-state index contributed by atoms with van der Waals surface area (Å²) < 4.78 is 0. The van der Waals surface area contributed by atoms with E-state index in [9.17, 15) is 4.79 Å². The van der Waals surface area contributed by atoms with Gasteiger partial charge in [0.2, 0.25) is 0 Å². The summed E-state index contributed by atoms with van der Waals surface area (Å²) in [7, 11) is 0. The normalized spacial score (nSPS) is 13.0. The molecule has 4 nitrogen and oxygen atoms in total. The summed E-state index contributed by atoms with van der Waals surface area (Å²) >= 11 is 5.87. The van der Waals surface area contributed by atoms with Crippen LogP contribution >= 0.6 is 11.6 Å². The first-order valence-corrected chi connectivity index (χ1v) is 9.90. The minimum atomic E-state index is -0.236. The fourth-order valence-corrected chi connectivity index (χ4v) is 3.63. The van der Waals surface area contributed by atoms with Crippen molar-refractivity contribution in [3.63, 3.8) is 0 Å². The van der Waals surface area contributed by atoms with Gasteiger partial charge in [-0.05, 0) is 72.0 Å². The van der Waals surface area contributed by atoms with Crippen LogP contribution in [0.2, 0.25) is 5.02 Å². The molecule has 4 rings (SSSR count). The average molecular weight is 404 g/mol. The Morgan fingerprint density at radius 3 is 2.31 bits per heavy atom. The van der Waals surface area contributed by atoms with Crippen LogP contribution in [0, 0.1) is 13.8 Å². The van der Waals surface area contributed by atoms with E-state index >= 15 is 0 Å². The largest absolute Gasteiger partial charge is 0.363 e. The Kier molecular flexibility index (Phi) is 5.36. The summed E-state index contributed by atoms with van der Waals surface area (Å²) in [6.45, 7) is 6.01. The number of halogens is 1. The van der Waals surface area contributed by atoms with Crippen molar-refractivity contribution in [1.82, 2.24) is 5.43 Å². The lowest BCUT2D eigenvalue weighted by atomic mass is 10.0. The van der Waals surface area contributed by atoms with Gasteiger partial charge in [-0.2, -0.15) is 5.10 Å². The maximum Gasteiger partial charge on any atom is 0.271 e. The van der Waals surface area contributed by atoms with Gasteiger partial charge in [-0.25, -0.2) is 5.43 Å². The Balaban J connectivity index is 1.45. The van der Waals surface area contributed by atoms with Crippen molar-refractivity contribution in [2.24, 2.45) is 5.10 Å². The van der Waals surface area contributed by atoms with Crippen LogP contribution in [0.3, 0.4) is 0 Å². The third-order valence-electron chi connectivity index (χ3n) is 5.26. The third-order valence-corrected chi connectivity index (χ3v) is 5.51. The molecule has 0 saturated carbocycles. The summed E-state index contributed by atoms with van der Waals surface area (Å²) in [6, 6.07) is 19.5. The maximum atomic E-state index is 12.5. The van der Waals surface area contributed by atoms with Crippen LogP contribution in [0.25, 0.3) is 0 Å². The fraction of sp³-hybridized carbons (Fsp3) is 0.167. The van der Waals surface area contributed by atoms with Gasteiger partial charge in [0.05, 0.1) is 6.21 Å². The molecule has 0 aromatic heterocycles. The third kappa shape index (κ3) is 4.33. The number of anilines is 1. The first-order chi connectivity index (χ1) is 14.0. The predicted molar refractivity (Wildman–Crippen MR) is 119 cm³/mol. The number of nitrogens with one attached hydrogen (secondary N) is 1. The van der Waals surface area contributed by atoms with Crippen molar-refractivity contribution in [3.8, 4) is 0 Å². The van der Waals surface area contributed by atoms with Crippen LogP contribution in [0.4, 0.5) is 5.69 Å². The van der Waals surface area contributed by atoms with Gasteiger partial charge in [0.1, 0.15) is 0 Å². The molecule has 0 fully saturated rings. The van der Waals surface area contributed by atoms with Crippen LogP contribution in [-0.4, -0.2) is 12.1 Å². The number of fused-ring (bicyclic) bond motifs is 1. The molecule has 0 atom stereocenters. The molecule has 1 amide bonds. The molecular formula is C24H22ClN3O. The molecule has 5 heteroatoms. The standard InChI is InChI=1S/C24H22ClN3O/c1-16-10-20-14-28(15-21(20)11-17(16)2)23-5-3-4-19(12-23)24(29)27-26-13-18-6-8-22(25)9-7-18/h3-13H,14-15H2,1-2H3,(H,27,29)/b26-13+. The molecule has 0 aliphatic carbocycles. The monoisotopic (exact) mass is 403 g/mol. The number of hydrogen-bond donors (Lipinski definition) is 1. The number of aryl methyl sites for hydroxylation is 2.